The van der Waals surface area contributed by atoms with Crippen LogP contribution in [0.2, 0.25) is 5.02 Å². The number of aliphatic hydroxyl groups excluding tert-OH is 1. The van der Waals surface area contributed by atoms with E-state index >= 15 is 0 Å². The first-order chi connectivity index (χ1) is 25.2. The number of aromatic nitrogens is 2. The van der Waals surface area contributed by atoms with Gasteiger partial charge in [-0.2, -0.15) is 13.2 Å². The number of oxazole rings is 1. The fraction of sp³-hybridized carbons (Fsp3) is 0.459. The first-order valence-electron chi connectivity index (χ1n) is 17.2. The lowest BCUT2D eigenvalue weighted by molar-refractivity contribution is -0.132. The molecule has 0 unspecified atom stereocenters. The highest BCUT2D eigenvalue weighted by atomic mass is 35.5. The van der Waals surface area contributed by atoms with Crippen molar-refractivity contribution in [2.24, 2.45) is 11.7 Å². The predicted molar refractivity (Wildman–Crippen MR) is 197 cm³/mol. The molecule has 2 aliphatic rings. The van der Waals surface area contributed by atoms with Crippen LogP contribution in [0.4, 0.5) is 13.2 Å². The van der Waals surface area contributed by atoms with Gasteiger partial charge in [-0.25, -0.2) is 4.98 Å². The van der Waals surface area contributed by atoms with E-state index in [0.717, 1.165) is 55.4 Å². The Bertz CT molecular complexity index is 1670. The first kappa shape index (κ1) is 41.7. The van der Waals surface area contributed by atoms with Crippen molar-refractivity contribution < 1.29 is 37.0 Å². The number of benzene rings is 2. The smallest absolute Gasteiger partial charge is 0.405 e. The summed E-state index contributed by atoms with van der Waals surface area (Å²) in [6.45, 7) is 7.63. The predicted octanol–water partition coefficient (Wildman–Crippen LogP) is 5.71. The van der Waals surface area contributed by atoms with Crippen molar-refractivity contribution in [3.63, 3.8) is 0 Å². The number of carbonyl (C=O) groups is 2. The number of piperazine rings is 1. The topological polar surface area (TPSA) is 147 Å². The second-order valence-electron chi connectivity index (χ2n) is 13.2. The standard InChI is InChI=1S/C25H32ClN5O3S.C9H10O.C3H4F3NO/c1-25(2,24-29-14-22(34-24)17-3-5-19(26)6-4-17)31-9-7-30(8-10-31)15-20(32)11-18(23(27)33)12-21-13-28-16-35-21;1-2-6-9-8(4-1)5-3-7-10-9;4-3(5,6)1-7-2-8/h3-6,13-14,16,18,20,32H,7-12,15H2,1-2H3,(H2,27,33);1-2,4,6H,3,5,7H2;2H,1H2,(H,7,8)/t18-,20-;;/m0../s1. The number of aryl methyl sites for hydroxylation is 1. The molecule has 2 atom stereocenters. The van der Waals surface area contributed by atoms with E-state index in [1.54, 1.807) is 17.9 Å². The van der Waals surface area contributed by atoms with Gasteiger partial charge in [0, 0.05) is 60.3 Å². The first-order valence-corrected chi connectivity index (χ1v) is 18.5. The molecule has 6 rings (SSSR count). The summed E-state index contributed by atoms with van der Waals surface area (Å²) >= 11 is 7.49. The third kappa shape index (κ3) is 13.4. The summed E-state index contributed by atoms with van der Waals surface area (Å²) < 4.78 is 44.6. The molecular formula is C37H46ClF3N6O5S. The molecule has 0 saturated carbocycles. The molecule has 2 aliphatic heterocycles. The molecule has 4 N–H and O–H groups in total. The minimum Gasteiger partial charge on any atom is -0.493 e. The Hall–Kier alpha value is -4.02. The summed E-state index contributed by atoms with van der Waals surface area (Å²) in [5, 5.41) is 12.8. The number of nitrogens with one attached hydrogen (secondary N) is 1. The molecule has 0 bridgehead atoms. The summed E-state index contributed by atoms with van der Waals surface area (Å²) in [5.41, 5.74) is 9.25. The maximum absolute atomic E-state index is 11.9. The summed E-state index contributed by atoms with van der Waals surface area (Å²) in [6, 6.07) is 15.8. The van der Waals surface area contributed by atoms with Gasteiger partial charge in [0.05, 0.1) is 30.0 Å². The van der Waals surface area contributed by atoms with Gasteiger partial charge in [-0.05, 0) is 75.4 Å². The minimum absolute atomic E-state index is 0.00743. The number of amides is 2. The number of para-hydroxylation sites is 1. The molecule has 2 amide bonds. The number of nitrogens with two attached hydrogens (primary N) is 1. The van der Waals surface area contributed by atoms with Gasteiger partial charge in [-0.1, -0.05) is 29.8 Å². The molecule has 11 nitrogen and oxygen atoms in total. The number of ether oxygens (including phenoxy) is 1. The fourth-order valence-corrected chi connectivity index (χ4v) is 6.77. The van der Waals surface area contributed by atoms with Crippen molar-refractivity contribution in [1.29, 1.82) is 0 Å². The molecule has 2 aromatic heterocycles. The Kier molecular flexibility index (Phi) is 15.7. The van der Waals surface area contributed by atoms with E-state index in [1.807, 2.05) is 36.4 Å². The zero-order chi connectivity index (χ0) is 38.4. The van der Waals surface area contributed by atoms with E-state index in [-0.39, 0.29) is 17.9 Å². The number of carbonyl (C=O) groups excluding carboxylic acids is 2. The Balaban J connectivity index is 0.000000283. The highest BCUT2D eigenvalue weighted by Crippen LogP contribution is 2.32. The van der Waals surface area contributed by atoms with Crippen LogP contribution in [0.25, 0.3) is 11.3 Å². The van der Waals surface area contributed by atoms with Crippen molar-refractivity contribution in [2.45, 2.75) is 57.3 Å². The number of nitrogens with zero attached hydrogens (tertiary/aromatic N) is 4. The molecule has 0 radical (unpaired) electrons. The van der Waals surface area contributed by atoms with Gasteiger partial charge < -0.3 is 25.3 Å². The second-order valence-corrected chi connectivity index (χ2v) is 14.6. The molecule has 0 aliphatic carbocycles. The lowest BCUT2D eigenvalue weighted by Crippen LogP contribution is -2.54. The molecule has 4 aromatic rings. The average Bonchev–Trinajstić information content (AvgIpc) is 3.85. The quantitative estimate of drug-likeness (QED) is 0.154. The lowest BCUT2D eigenvalue weighted by Gasteiger charge is -2.42. The number of hydrogen-bond acceptors (Lipinski definition) is 10. The van der Waals surface area contributed by atoms with Gasteiger partial charge in [-0.15, -0.1) is 11.3 Å². The van der Waals surface area contributed by atoms with Crippen LogP contribution < -0.4 is 15.8 Å². The molecule has 2 aromatic carbocycles. The number of β-amino-alcohol motifs (C(OH)–C–C–N with tert-alkyl or cyclic N) is 1. The third-order valence-corrected chi connectivity index (χ3v) is 9.94. The van der Waals surface area contributed by atoms with Gasteiger partial charge in [-0.3, -0.25) is 24.4 Å². The molecule has 1 fully saturated rings. The summed E-state index contributed by atoms with van der Waals surface area (Å²) in [5.74, 6) is 1.68. The van der Waals surface area contributed by atoms with E-state index in [2.05, 4.69) is 45.7 Å². The summed E-state index contributed by atoms with van der Waals surface area (Å²) in [6.07, 6.45) is 1.82. The van der Waals surface area contributed by atoms with Crippen LogP contribution in [-0.4, -0.2) is 95.3 Å². The summed E-state index contributed by atoms with van der Waals surface area (Å²) in [7, 11) is 0. The second kappa shape index (κ2) is 19.9. The van der Waals surface area contributed by atoms with E-state index < -0.39 is 24.7 Å². The van der Waals surface area contributed by atoms with E-state index in [1.165, 1.54) is 28.6 Å². The number of alkyl halides is 3. The Morgan fingerprint density at radius 3 is 2.43 bits per heavy atom. The van der Waals surface area contributed by atoms with Crippen molar-refractivity contribution in [2.75, 3.05) is 45.9 Å². The maximum atomic E-state index is 11.9. The van der Waals surface area contributed by atoms with Crippen LogP contribution in [0.1, 0.15) is 43.0 Å². The SMILES string of the molecule is CC(C)(c1ncc(-c2ccc(Cl)cc2)o1)N1CCN(C[C@@H](O)C[C@@H](Cc2cncs2)C(N)=O)CC1.O=CNCC(F)(F)F.c1ccc2c(c1)CCCO2. The summed E-state index contributed by atoms with van der Waals surface area (Å²) in [4.78, 5) is 35.3. The highest BCUT2D eigenvalue weighted by molar-refractivity contribution is 7.09. The van der Waals surface area contributed by atoms with E-state index in [9.17, 15) is 27.9 Å². The molecule has 288 valence electrons. The van der Waals surface area contributed by atoms with Crippen molar-refractivity contribution in [3.8, 4) is 17.1 Å². The van der Waals surface area contributed by atoms with Crippen LogP contribution in [0, 0.1) is 5.92 Å². The van der Waals surface area contributed by atoms with Gasteiger partial charge in [0.2, 0.25) is 18.2 Å². The molecule has 1 saturated heterocycles. The van der Waals surface area contributed by atoms with Gasteiger partial charge in [0.1, 0.15) is 12.3 Å². The van der Waals surface area contributed by atoms with Crippen molar-refractivity contribution >= 4 is 35.3 Å². The highest BCUT2D eigenvalue weighted by Gasteiger charge is 2.36. The largest absolute Gasteiger partial charge is 0.493 e. The van der Waals surface area contributed by atoms with Crippen LogP contribution in [-0.2, 0) is 28.0 Å². The van der Waals surface area contributed by atoms with E-state index in [0.29, 0.717) is 36.1 Å². The van der Waals surface area contributed by atoms with Crippen LogP contribution >= 0.6 is 22.9 Å². The molecule has 16 heteroatoms. The van der Waals surface area contributed by atoms with Crippen molar-refractivity contribution in [1.82, 2.24) is 25.1 Å². The number of rotatable bonds is 12. The number of aliphatic hydroxyl groups is 1. The van der Waals surface area contributed by atoms with Gasteiger partial charge in [0.15, 0.2) is 5.76 Å². The zero-order valence-corrected chi connectivity index (χ0v) is 31.3. The number of fused-ring (bicyclic) bond motifs is 1. The number of hydrogen-bond donors (Lipinski definition) is 3. The van der Waals surface area contributed by atoms with Crippen LogP contribution in [0.3, 0.4) is 0 Å². The number of primary amides is 1. The number of thiazole rings is 1. The minimum atomic E-state index is -4.29. The molecule has 0 spiro atoms. The molecule has 4 heterocycles. The Morgan fingerprint density at radius 1 is 1.11 bits per heavy atom. The average molecular weight is 779 g/mol. The van der Waals surface area contributed by atoms with Gasteiger partial charge in [0.25, 0.3) is 0 Å². The zero-order valence-electron chi connectivity index (χ0n) is 29.7. The lowest BCUT2D eigenvalue weighted by atomic mass is 9.96. The Morgan fingerprint density at radius 2 is 1.83 bits per heavy atom. The Labute approximate surface area is 316 Å². The van der Waals surface area contributed by atoms with Gasteiger partial charge >= 0.3 is 6.18 Å². The van der Waals surface area contributed by atoms with E-state index in [4.69, 9.17) is 26.5 Å². The normalized spacial score (nSPS) is 16.1. The molecule has 53 heavy (non-hydrogen) atoms. The number of halogens is 4. The van der Waals surface area contributed by atoms with Crippen molar-refractivity contribution in [3.05, 3.63) is 87.8 Å². The maximum Gasteiger partial charge on any atom is 0.405 e. The molecular weight excluding hydrogens is 733 g/mol. The van der Waals surface area contributed by atoms with Crippen LogP contribution in [0.15, 0.2) is 70.9 Å². The monoisotopic (exact) mass is 778 g/mol. The van der Waals surface area contributed by atoms with Crippen LogP contribution in [0.5, 0.6) is 5.75 Å². The fourth-order valence-electron chi connectivity index (χ4n) is 5.97. The third-order valence-electron chi connectivity index (χ3n) is 8.89.